The van der Waals surface area contributed by atoms with Gasteiger partial charge < -0.3 is 4.74 Å². The van der Waals surface area contributed by atoms with Crippen LogP contribution in [-0.4, -0.2) is 13.2 Å². The van der Waals surface area contributed by atoms with Crippen LogP contribution in [0, 0.1) is 22.7 Å². The fraction of sp³-hybridized carbons (Fsp3) is 0.846. The van der Waals surface area contributed by atoms with Gasteiger partial charge in [0.1, 0.15) is 0 Å². The van der Waals surface area contributed by atoms with Gasteiger partial charge in [0.05, 0.1) is 6.10 Å². The third-order valence-corrected chi connectivity index (χ3v) is 4.90. The fourth-order valence-corrected chi connectivity index (χ4v) is 3.42. The Balaban J connectivity index is 2.18. The van der Waals surface area contributed by atoms with Gasteiger partial charge >= 0.3 is 0 Å². The number of ether oxygens (including phenoxy) is 1. The Kier molecular flexibility index (Phi) is 2.08. The van der Waals surface area contributed by atoms with E-state index in [2.05, 4.69) is 33.4 Å². The third kappa shape index (κ3) is 1.18. The van der Waals surface area contributed by atoms with Crippen LogP contribution in [0.3, 0.4) is 0 Å². The number of fused-ring (bicyclic) bond motifs is 1. The molecule has 1 unspecified atom stereocenters. The Bertz CT molecular complexity index is 256. The van der Waals surface area contributed by atoms with E-state index in [1.54, 1.807) is 0 Å². The molecule has 0 N–H and O–H groups in total. The zero-order chi connectivity index (χ0) is 10.6. The van der Waals surface area contributed by atoms with Crippen molar-refractivity contribution in [3.63, 3.8) is 0 Å². The molecule has 0 heterocycles. The number of methoxy groups -OCH3 is 1. The first-order valence-electron chi connectivity index (χ1n) is 5.62. The molecule has 0 aromatic heterocycles. The molecule has 0 aliphatic heterocycles. The van der Waals surface area contributed by atoms with Crippen molar-refractivity contribution in [1.82, 2.24) is 0 Å². The second-order valence-electron chi connectivity index (χ2n) is 5.91. The third-order valence-electron chi connectivity index (χ3n) is 4.90. The lowest BCUT2D eigenvalue weighted by Gasteiger charge is -2.37. The van der Waals surface area contributed by atoms with Crippen molar-refractivity contribution in [3.05, 3.63) is 12.7 Å². The Morgan fingerprint density at radius 3 is 2.43 bits per heavy atom. The summed E-state index contributed by atoms with van der Waals surface area (Å²) >= 11 is 0. The summed E-state index contributed by atoms with van der Waals surface area (Å²) in [5, 5.41) is 0. The number of hydrogen-bond acceptors (Lipinski definition) is 1. The first kappa shape index (κ1) is 10.2. The van der Waals surface area contributed by atoms with Crippen LogP contribution in [0.4, 0.5) is 0 Å². The van der Waals surface area contributed by atoms with E-state index in [4.69, 9.17) is 4.74 Å². The van der Waals surface area contributed by atoms with Gasteiger partial charge in [-0.1, -0.05) is 26.8 Å². The van der Waals surface area contributed by atoms with Crippen LogP contribution < -0.4 is 0 Å². The molecule has 0 aromatic rings. The Hall–Kier alpha value is -0.300. The van der Waals surface area contributed by atoms with E-state index in [-0.39, 0.29) is 5.41 Å². The van der Waals surface area contributed by atoms with Crippen LogP contribution in [0.5, 0.6) is 0 Å². The molecule has 1 nitrogen and oxygen atoms in total. The van der Waals surface area contributed by atoms with Gasteiger partial charge in [-0.25, -0.2) is 0 Å². The first-order chi connectivity index (χ1) is 6.45. The highest BCUT2D eigenvalue weighted by Gasteiger charge is 2.63. The molecule has 2 aliphatic rings. The maximum atomic E-state index is 5.62. The summed E-state index contributed by atoms with van der Waals surface area (Å²) in [5.41, 5.74) is 0.751. The van der Waals surface area contributed by atoms with E-state index < -0.39 is 0 Å². The minimum atomic E-state index is 0.198. The van der Waals surface area contributed by atoms with Crippen molar-refractivity contribution in [2.45, 2.75) is 39.7 Å². The highest BCUT2D eigenvalue weighted by Crippen LogP contribution is 2.68. The van der Waals surface area contributed by atoms with Crippen LogP contribution in [0.25, 0.3) is 0 Å². The molecule has 80 valence electrons. The van der Waals surface area contributed by atoms with Crippen molar-refractivity contribution in [1.29, 1.82) is 0 Å². The van der Waals surface area contributed by atoms with Gasteiger partial charge in [-0.2, -0.15) is 0 Å². The molecule has 0 bridgehead atoms. The molecule has 0 spiro atoms. The van der Waals surface area contributed by atoms with Crippen LogP contribution in [-0.2, 0) is 4.74 Å². The lowest BCUT2D eigenvalue weighted by Crippen LogP contribution is -2.36. The Morgan fingerprint density at radius 1 is 1.29 bits per heavy atom. The van der Waals surface area contributed by atoms with Gasteiger partial charge in [0.15, 0.2) is 0 Å². The Morgan fingerprint density at radius 2 is 1.93 bits per heavy atom. The topological polar surface area (TPSA) is 9.23 Å². The van der Waals surface area contributed by atoms with Crippen LogP contribution >= 0.6 is 0 Å². The molecular formula is C13H22O. The summed E-state index contributed by atoms with van der Waals surface area (Å²) in [6.07, 6.45) is 4.96. The molecule has 0 radical (unpaired) electrons. The summed E-state index contributed by atoms with van der Waals surface area (Å²) in [5.74, 6) is 1.79. The van der Waals surface area contributed by atoms with Gasteiger partial charge in [-0.3, -0.25) is 0 Å². The highest BCUT2D eigenvalue weighted by molar-refractivity contribution is 5.16. The normalized spacial score (nSPS) is 49.6. The monoisotopic (exact) mass is 194 g/mol. The SMILES string of the molecule is C=CC1(C)C[C@H]2[C@@H](C[C@H]1OC)C2(C)C. The molecule has 2 fully saturated rings. The predicted molar refractivity (Wildman–Crippen MR) is 59.1 cm³/mol. The summed E-state index contributed by atoms with van der Waals surface area (Å²) in [4.78, 5) is 0. The molecule has 4 atom stereocenters. The van der Waals surface area contributed by atoms with E-state index in [0.29, 0.717) is 11.5 Å². The lowest BCUT2D eigenvalue weighted by molar-refractivity contribution is -0.0101. The van der Waals surface area contributed by atoms with Crippen LogP contribution in [0.1, 0.15) is 33.6 Å². The van der Waals surface area contributed by atoms with Crippen molar-refractivity contribution in [3.8, 4) is 0 Å². The molecule has 2 rings (SSSR count). The van der Waals surface area contributed by atoms with Crippen molar-refractivity contribution in [2.75, 3.05) is 7.11 Å². The van der Waals surface area contributed by atoms with Gasteiger partial charge in [0.2, 0.25) is 0 Å². The van der Waals surface area contributed by atoms with E-state index in [9.17, 15) is 0 Å². The highest BCUT2D eigenvalue weighted by atomic mass is 16.5. The molecule has 14 heavy (non-hydrogen) atoms. The molecule has 0 saturated heterocycles. The number of rotatable bonds is 2. The maximum absolute atomic E-state index is 5.62. The van der Waals surface area contributed by atoms with Crippen molar-refractivity contribution in [2.24, 2.45) is 22.7 Å². The molecule has 0 aromatic carbocycles. The minimum Gasteiger partial charge on any atom is -0.381 e. The summed E-state index contributed by atoms with van der Waals surface area (Å²) in [7, 11) is 1.84. The average Bonchev–Trinajstić information content (AvgIpc) is 2.66. The van der Waals surface area contributed by atoms with Gasteiger partial charge in [-0.15, -0.1) is 6.58 Å². The molecular weight excluding hydrogens is 172 g/mol. The quantitative estimate of drug-likeness (QED) is 0.613. The standard InChI is InChI=1S/C13H22O/c1-6-13(4)8-10-9(12(10,2)3)7-11(13)14-5/h6,9-11H,1,7-8H2,2-5H3/t9-,10+,11-,13?/m1/s1. The molecule has 2 aliphatic carbocycles. The van der Waals surface area contributed by atoms with Crippen molar-refractivity contribution >= 4 is 0 Å². The van der Waals surface area contributed by atoms with Gasteiger partial charge in [0.25, 0.3) is 0 Å². The summed E-state index contributed by atoms with van der Waals surface area (Å²) < 4.78 is 5.62. The minimum absolute atomic E-state index is 0.198. The second kappa shape index (κ2) is 2.85. The van der Waals surface area contributed by atoms with Crippen molar-refractivity contribution < 1.29 is 4.74 Å². The van der Waals surface area contributed by atoms with E-state index in [1.807, 2.05) is 7.11 Å². The maximum Gasteiger partial charge on any atom is 0.0662 e. The Labute approximate surface area is 87.5 Å². The smallest absolute Gasteiger partial charge is 0.0662 e. The average molecular weight is 194 g/mol. The predicted octanol–water partition coefficient (Wildman–Crippen LogP) is 3.26. The summed E-state index contributed by atoms with van der Waals surface area (Å²) in [6.45, 7) is 11.1. The lowest BCUT2D eigenvalue weighted by atomic mass is 9.73. The zero-order valence-corrected chi connectivity index (χ0v) is 9.84. The molecule has 2 saturated carbocycles. The van der Waals surface area contributed by atoms with E-state index >= 15 is 0 Å². The largest absolute Gasteiger partial charge is 0.381 e. The van der Waals surface area contributed by atoms with Gasteiger partial charge in [-0.05, 0) is 30.1 Å². The zero-order valence-electron chi connectivity index (χ0n) is 9.84. The van der Waals surface area contributed by atoms with Crippen LogP contribution in [0.2, 0.25) is 0 Å². The van der Waals surface area contributed by atoms with E-state index in [0.717, 1.165) is 11.8 Å². The number of hydrogen-bond donors (Lipinski definition) is 0. The second-order valence-corrected chi connectivity index (χ2v) is 5.91. The van der Waals surface area contributed by atoms with Crippen LogP contribution in [0.15, 0.2) is 12.7 Å². The van der Waals surface area contributed by atoms with E-state index in [1.165, 1.54) is 12.8 Å². The summed E-state index contributed by atoms with van der Waals surface area (Å²) in [6, 6.07) is 0. The fourth-order valence-electron chi connectivity index (χ4n) is 3.42. The van der Waals surface area contributed by atoms with Gasteiger partial charge in [0, 0.05) is 12.5 Å². The molecule has 1 heteroatoms. The first-order valence-corrected chi connectivity index (χ1v) is 5.62. The molecule has 0 amide bonds.